The molecule has 1 rings (SSSR count). The van der Waals surface area contributed by atoms with Crippen LogP contribution in [0.3, 0.4) is 0 Å². The number of hydrogen-bond acceptors (Lipinski definition) is 4. The molecule has 0 bridgehead atoms. The van der Waals surface area contributed by atoms with Crippen LogP contribution in [0.25, 0.3) is 0 Å². The molecule has 0 saturated heterocycles. The van der Waals surface area contributed by atoms with Crippen LogP contribution in [0.2, 0.25) is 0 Å². The van der Waals surface area contributed by atoms with E-state index < -0.39 is 21.2 Å². The molecule has 0 aliphatic carbocycles. The Balaban J connectivity index is 3.07. The molecule has 1 aromatic rings. The van der Waals surface area contributed by atoms with Crippen molar-refractivity contribution in [2.24, 2.45) is 0 Å². The Kier molecular flexibility index (Phi) is 3.62. The minimum Gasteiger partial charge on any atom is -0.480 e. The van der Waals surface area contributed by atoms with Gasteiger partial charge in [-0.25, -0.2) is 8.42 Å². The van der Waals surface area contributed by atoms with Gasteiger partial charge in [0, 0.05) is 5.69 Å². The van der Waals surface area contributed by atoms with Gasteiger partial charge in [-0.05, 0) is 31.5 Å². The standard InChI is InChI=1S/C10H14N2O4S/c1-6-8(11)4-3-5-9(6)12-17(15,16)7(2)10(13)14/h3-5,7,12H,11H2,1-2H3,(H,13,14). The Hall–Kier alpha value is -1.76. The lowest BCUT2D eigenvalue weighted by atomic mass is 10.2. The molecule has 0 aliphatic heterocycles. The lowest BCUT2D eigenvalue weighted by Crippen LogP contribution is -2.32. The fourth-order valence-electron chi connectivity index (χ4n) is 1.14. The zero-order chi connectivity index (χ0) is 13.2. The third-order valence-electron chi connectivity index (χ3n) is 2.44. The van der Waals surface area contributed by atoms with Crippen molar-refractivity contribution >= 4 is 27.4 Å². The fraction of sp³-hybridized carbons (Fsp3) is 0.300. The number of anilines is 2. The molecule has 0 aromatic heterocycles. The van der Waals surface area contributed by atoms with Gasteiger partial charge in [-0.3, -0.25) is 9.52 Å². The second-order valence-corrected chi connectivity index (χ2v) is 5.65. The number of carboxylic acid groups (broad SMARTS) is 1. The predicted octanol–water partition coefficient (Wildman–Crippen LogP) is 0.792. The van der Waals surface area contributed by atoms with Crippen LogP contribution >= 0.6 is 0 Å². The van der Waals surface area contributed by atoms with Gasteiger partial charge >= 0.3 is 5.97 Å². The largest absolute Gasteiger partial charge is 0.480 e. The van der Waals surface area contributed by atoms with E-state index in [1.54, 1.807) is 19.1 Å². The van der Waals surface area contributed by atoms with Gasteiger partial charge < -0.3 is 10.8 Å². The van der Waals surface area contributed by atoms with E-state index in [1.807, 2.05) is 0 Å². The van der Waals surface area contributed by atoms with Crippen molar-refractivity contribution in [2.75, 3.05) is 10.5 Å². The first-order valence-electron chi connectivity index (χ1n) is 4.85. The van der Waals surface area contributed by atoms with E-state index in [0.29, 0.717) is 11.3 Å². The second-order valence-electron chi connectivity index (χ2n) is 3.65. The van der Waals surface area contributed by atoms with Crippen LogP contribution in [0.4, 0.5) is 11.4 Å². The molecule has 0 spiro atoms. The Labute approximate surface area is 99.5 Å². The van der Waals surface area contributed by atoms with E-state index in [-0.39, 0.29) is 5.69 Å². The van der Waals surface area contributed by atoms with Gasteiger partial charge in [-0.1, -0.05) is 6.07 Å². The van der Waals surface area contributed by atoms with Crippen LogP contribution in [0.1, 0.15) is 12.5 Å². The molecule has 1 aromatic carbocycles. The Bertz CT molecular complexity index is 539. The van der Waals surface area contributed by atoms with E-state index in [9.17, 15) is 13.2 Å². The van der Waals surface area contributed by atoms with Crippen molar-refractivity contribution in [2.45, 2.75) is 19.1 Å². The highest BCUT2D eigenvalue weighted by Crippen LogP contribution is 2.22. The fourth-order valence-corrected chi connectivity index (χ4v) is 2.11. The van der Waals surface area contributed by atoms with Crippen molar-refractivity contribution in [1.29, 1.82) is 0 Å². The van der Waals surface area contributed by atoms with Crippen molar-refractivity contribution in [1.82, 2.24) is 0 Å². The number of carboxylic acids is 1. The van der Waals surface area contributed by atoms with Gasteiger partial charge in [-0.15, -0.1) is 0 Å². The normalized spacial score (nSPS) is 13.1. The van der Waals surface area contributed by atoms with Gasteiger partial charge in [0.05, 0.1) is 5.69 Å². The molecule has 0 saturated carbocycles. The van der Waals surface area contributed by atoms with E-state index in [1.165, 1.54) is 6.07 Å². The lowest BCUT2D eigenvalue weighted by Gasteiger charge is -2.14. The molecule has 1 atom stereocenters. The summed E-state index contributed by atoms with van der Waals surface area (Å²) < 4.78 is 25.6. The minimum atomic E-state index is -3.96. The van der Waals surface area contributed by atoms with Crippen LogP contribution in [0.15, 0.2) is 18.2 Å². The summed E-state index contributed by atoms with van der Waals surface area (Å²) in [4.78, 5) is 10.6. The molecule has 0 radical (unpaired) electrons. The zero-order valence-corrected chi connectivity index (χ0v) is 10.3. The summed E-state index contributed by atoms with van der Waals surface area (Å²) in [5.74, 6) is -1.40. The third-order valence-corrected chi connectivity index (χ3v) is 4.08. The van der Waals surface area contributed by atoms with Gasteiger partial charge in [0.25, 0.3) is 0 Å². The monoisotopic (exact) mass is 258 g/mol. The number of benzene rings is 1. The molecule has 7 heteroatoms. The highest BCUT2D eigenvalue weighted by molar-refractivity contribution is 7.94. The molecule has 0 fully saturated rings. The quantitative estimate of drug-likeness (QED) is 0.692. The topological polar surface area (TPSA) is 109 Å². The average molecular weight is 258 g/mol. The van der Waals surface area contributed by atoms with Crippen molar-refractivity contribution in [3.8, 4) is 0 Å². The maximum atomic E-state index is 11.7. The summed E-state index contributed by atoms with van der Waals surface area (Å²) in [5.41, 5.74) is 6.92. The first-order valence-corrected chi connectivity index (χ1v) is 6.40. The van der Waals surface area contributed by atoms with Crippen LogP contribution in [0, 0.1) is 6.92 Å². The van der Waals surface area contributed by atoms with Crippen LogP contribution < -0.4 is 10.5 Å². The molecule has 6 nitrogen and oxygen atoms in total. The van der Waals surface area contributed by atoms with Crippen molar-refractivity contribution in [3.63, 3.8) is 0 Å². The molecule has 17 heavy (non-hydrogen) atoms. The number of rotatable bonds is 4. The van der Waals surface area contributed by atoms with Gasteiger partial charge in [0.15, 0.2) is 5.25 Å². The first kappa shape index (κ1) is 13.3. The van der Waals surface area contributed by atoms with Gasteiger partial charge in [-0.2, -0.15) is 0 Å². The molecule has 0 amide bonds. The molecule has 4 N–H and O–H groups in total. The summed E-state index contributed by atoms with van der Waals surface area (Å²) in [6.07, 6.45) is 0. The maximum Gasteiger partial charge on any atom is 0.323 e. The lowest BCUT2D eigenvalue weighted by molar-refractivity contribution is -0.136. The van der Waals surface area contributed by atoms with Crippen LogP contribution in [0.5, 0.6) is 0 Å². The highest BCUT2D eigenvalue weighted by atomic mass is 32.2. The van der Waals surface area contributed by atoms with Crippen LogP contribution in [-0.2, 0) is 14.8 Å². The molecule has 0 aliphatic rings. The summed E-state index contributed by atoms with van der Waals surface area (Å²) in [5, 5.41) is 7.15. The highest BCUT2D eigenvalue weighted by Gasteiger charge is 2.27. The molecule has 1 unspecified atom stereocenters. The van der Waals surface area contributed by atoms with Crippen molar-refractivity contribution in [3.05, 3.63) is 23.8 Å². The summed E-state index contributed by atoms with van der Waals surface area (Å²) in [6, 6.07) is 4.75. The summed E-state index contributed by atoms with van der Waals surface area (Å²) >= 11 is 0. The number of nitrogen functional groups attached to an aromatic ring is 1. The van der Waals surface area contributed by atoms with E-state index in [0.717, 1.165) is 6.92 Å². The zero-order valence-electron chi connectivity index (χ0n) is 9.47. The third kappa shape index (κ3) is 2.88. The van der Waals surface area contributed by atoms with Crippen molar-refractivity contribution < 1.29 is 18.3 Å². The predicted molar refractivity (Wildman–Crippen MR) is 65.2 cm³/mol. The average Bonchev–Trinajstić information content (AvgIpc) is 2.23. The smallest absolute Gasteiger partial charge is 0.323 e. The minimum absolute atomic E-state index is 0.290. The molecule has 94 valence electrons. The molecular weight excluding hydrogens is 244 g/mol. The number of aliphatic carboxylic acids is 1. The van der Waals surface area contributed by atoms with E-state index in [4.69, 9.17) is 10.8 Å². The summed E-state index contributed by atoms with van der Waals surface area (Å²) in [7, 11) is -3.96. The maximum absolute atomic E-state index is 11.7. The number of sulfonamides is 1. The Morgan fingerprint density at radius 3 is 2.59 bits per heavy atom. The van der Waals surface area contributed by atoms with E-state index in [2.05, 4.69) is 4.72 Å². The SMILES string of the molecule is Cc1c(N)cccc1NS(=O)(=O)C(C)C(=O)O. The Morgan fingerprint density at radius 1 is 1.47 bits per heavy atom. The van der Waals surface area contributed by atoms with Gasteiger partial charge in [0.1, 0.15) is 0 Å². The second kappa shape index (κ2) is 4.62. The number of nitrogens with one attached hydrogen (secondary N) is 1. The number of nitrogens with two attached hydrogens (primary N) is 1. The molecule has 0 heterocycles. The van der Waals surface area contributed by atoms with E-state index >= 15 is 0 Å². The first-order chi connectivity index (χ1) is 7.75. The number of carbonyl (C=O) groups is 1. The van der Waals surface area contributed by atoms with Crippen LogP contribution in [-0.4, -0.2) is 24.7 Å². The number of hydrogen-bond donors (Lipinski definition) is 3. The van der Waals surface area contributed by atoms with Gasteiger partial charge in [0.2, 0.25) is 10.0 Å². The Morgan fingerprint density at radius 2 is 2.06 bits per heavy atom. The molecular formula is C10H14N2O4S. The summed E-state index contributed by atoms with van der Waals surface area (Å²) in [6.45, 7) is 2.75.